The number of carbonyl (C=O) groups is 2. The highest BCUT2D eigenvalue weighted by molar-refractivity contribution is 5.91. The SMILES string of the molecule is CC(C)(CC(=O)O)CC(=O)Nc1cccc(F)c1F. The Kier molecular flexibility index (Phi) is 4.58. The van der Waals surface area contributed by atoms with Crippen molar-refractivity contribution >= 4 is 17.6 Å². The van der Waals surface area contributed by atoms with Crippen molar-refractivity contribution in [2.24, 2.45) is 5.41 Å². The first kappa shape index (κ1) is 15.1. The van der Waals surface area contributed by atoms with E-state index in [0.29, 0.717) is 0 Å². The molecule has 19 heavy (non-hydrogen) atoms. The minimum absolute atomic E-state index is 0.102. The van der Waals surface area contributed by atoms with Crippen LogP contribution in [0.25, 0.3) is 0 Å². The molecule has 6 heteroatoms. The summed E-state index contributed by atoms with van der Waals surface area (Å²) in [5.74, 6) is -3.76. The molecule has 0 saturated carbocycles. The standard InChI is InChI=1S/C13H15F2NO3/c1-13(2,7-11(18)19)6-10(17)16-9-5-3-4-8(14)12(9)15/h3-5H,6-7H2,1-2H3,(H,16,17)(H,18,19). The van der Waals surface area contributed by atoms with Crippen molar-refractivity contribution in [1.82, 2.24) is 0 Å². The smallest absolute Gasteiger partial charge is 0.303 e. The average Bonchev–Trinajstić information content (AvgIpc) is 2.21. The van der Waals surface area contributed by atoms with Gasteiger partial charge in [0.15, 0.2) is 11.6 Å². The zero-order valence-corrected chi connectivity index (χ0v) is 10.7. The van der Waals surface area contributed by atoms with Gasteiger partial charge in [-0.1, -0.05) is 19.9 Å². The zero-order valence-electron chi connectivity index (χ0n) is 10.7. The van der Waals surface area contributed by atoms with Crippen LogP contribution in [0.5, 0.6) is 0 Å². The minimum Gasteiger partial charge on any atom is -0.481 e. The van der Waals surface area contributed by atoms with Gasteiger partial charge in [0.2, 0.25) is 5.91 Å². The van der Waals surface area contributed by atoms with Crippen LogP contribution in [0.2, 0.25) is 0 Å². The van der Waals surface area contributed by atoms with Crippen LogP contribution in [0.3, 0.4) is 0 Å². The third-order valence-electron chi connectivity index (χ3n) is 2.49. The molecule has 1 rings (SSSR count). The molecule has 2 N–H and O–H groups in total. The highest BCUT2D eigenvalue weighted by atomic mass is 19.2. The second-order valence-electron chi connectivity index (χ2n) is 5.06. The maximum atomic E-state index is 13.3. The van der Waals surface area contributed by atoms with Gasteiger partial charge in [-0.05, 0) is 17.5 Å². The molecule has 0 fully saturated rings. The van der Waals surface area contributed by atoms with E-state index in [-0.39, 0.29) is 18.5 Å². The van der Waals surface area contributed by atoms with E-state index >= 15 is 0 Å². The molecular formula is C13H15F2NO3. The van der Waals surface area contributed by atoms with Crippen molar-refractivity contribution in [3.63, 3.8) is 0 Å². The van der Waals surface area contributed by atoms with E-state index in [1.54, 1.807) is 13.8 Å². The van der Waals surface area contributed by atoms with Crippen molar-refractivity contribution in [1.29, 1.82) is 0 Å². The topological polar surface area (TPSA) is 66.4 Å². The molecule has 0 bridgehead atoms. The molecule has 0 aliphatic rings. The van der Waals surface area contributed by atoms with Gasteiger partial charge in [-0.3, -0.25) is 9.59 Å². The molecule has 0 unspecified atom stereocenters. The zero-order chi connectivity index (χ0) is 14.6. The number of hydrogen-bond donors (Lipinski definition) is 2. The number of rotatable bonds is 5. The average molecular weight is 271 g/mol. The molecule has 0 aromatic heterocycles. The highest BCUT2D eigenvalue weighted by Gasteiger charge is 2.25. The second kappa shape index (κ2) is 5.77. The molecule has 1 aromatic rings. The summed E-state index contributed by atoms with van der Waals surface area (Å²) in [5, 5.41) is 10.9. The molecule has 0 aliphatic heterocycles. The van der Waals surface area contributed by atoms with Crippen molar-refractivity contribution in [2.75, 3.05) is 5.32 Å². The summed E-state index contributed by atoms with van der Waals surface area (Å²) >= 11 is 0. The number of aliphatic carboxylic acids is 1. The molecule has 104 valence electrons. The van der Waals surface area contributed by atoms with Crippen LogP contribution in [0.15, 0.2) is 18.2 Å². The summed E-state index contributed by atoms with van der Waals surface area (Å²) < 4.78 is 26.3. The van der Waals surface area contributed by atoms with Gasteiger partial charge < -0.3 is 10.4 Å². The first-order chi connectivity index (χ1) is 8.71. The fourth-order valence-corrected chi connectivity index (χ4v) is 1.70. The van der Waals surface area contributed by atoms with E-state index < -0.39 is 28.9 Å². The monoisotopic (exact) mass is 271 g/mol. The van der Waals surface area contributed by atoms with Gasteiger partial charge >= 0.3 is 5.97 Å². The van der Waals surface area contributed by atoms with Crippen LogP contribution < -0.4 is 5.32 Å². The molecular weight excluding hydrogens is 256 g/mol. The Morgan fingerprint density at radius 2 is 1.89 bits per heavy atom. The summed E-state index contributed by atoms with van der Waals surface area (Å²) in [6.07, 6.45) is -0.290. The Hall–Kier alpha value is -1.98. The summed E-state index contributed by atoms with van der Waals surface area (Å²) in [7, 11) is 0. The molecule has 0 heterocycles. The van der Waals surface area contributed by atoms with Crippen LogP contribution >= 0.6 is 0 Å². The maximum Gasteiger partial charge on any atom is 0.303 e. The van der Waals surface area contributed by atoms with Gasteiger partial charge in [-0.25, -0.2) is 8.78 Å². The van der Waals surface area contributed by atoms with Crippen LogP contribution in [0.4, 0.5) is 14.5 Å². The third-order valence-corrected chi connectivity index (χ3v) is 2.49. The molecule has 1 amide bonds. The number of carbonyl (C=O) groups excluding carboxylic acids is 1. The van der Waals surface area contributed by atoms with Crippen LogP contribution in [0, 0.1) is 17.0 Å². The van der Waals surface area contributed by atoms with Gasteiger partial charge in [-0.2, -0.15) is 0 Å². The fourth-order valence-electron chi connectivity index (χ4n) is 1.70. The summed E-state index contributed by atoms with van der Waals surface area (Å²) in [6, 6.07) is 3.45. The number of benzene rings is 1. The molecule has 4 nitrogen and oxygen atoms in total. The summed E-state index contributed by atoms with van der Waals surface area (Å²) in [4.78, 5) is 22.3. The van der Waals surface area contributed by atoms with E-state index in [0.717, 1.165) is 6.07 Å². The number of anilines is 1. The second-order valence-corrected chi connectivity index (χ2v) is 5.06. The van der Waals surface area contributed by atoms with E-state index in [9.17, 15) is 18.4 Å². The number of carboxylic acid groups (broad SMARTS) is 1. The minimum atomic E-state index is -1.13. The quantitative estimate of drug-likeness (QED) is 0.865. The lowest BCUT2D eigenvalue weighted by atomic mass is 9.85. The van der Waals surface area contributed by atoms with Gasteiger partial charge in [0.25, 0.3) is 0 Å². The lowest BCUT2D eigenvalue weighted by Gasteiger charge is -2.21. The van der Waals surface area contributed by atoms with E-state index in [1.807, 2.05) is 0 Å². The number of halogens is 2. The Balaban J connectivity index is 2.70. The van der Waals surface area contributed by atoms with E-state index in [1.165, 1.54) is 12.1 Å². The van der Waals surface area contributed by atoms with Crippen molar-refractivity contribution in [2.45, 2.75) is 26.7 Å². The highest BCUT2D eigenvalue weighted by Crippen LogP contribution is 2.26. The van der Waals surface area contributed by atoms with Crippen molar-refractivity contribution < 1.29 is 23.5 Å². The largest absolute Gasteiger partial charge is 0.481 e. The van der Waals surface area contributed by atoms with Crippen LogP contribution in [0.1, 0.15) is 26.7 Å². The predicted octanol–water partition coefficient (Wildman–Crippen LogP) is 2.79. The normalized spacial score (nSPS) is 11.2. The van der Waals surface area contributed by atoms with Crippen molar-refractivity contribution in [3.8, 4) is 0 Å². The Bertz CT molecular complexity index is 501. The van der Waals surface area contributed by atoms with Crippen LogP contribution in [-0.2, 0) is 9.59 Å². The molecule has 0 spiro atoms. The number of hydrogen-bond acceptors (Lipinski definition) is 2. The number of nitrogens with one attached hydrogen (secondary N) is 1. The summed E-state index contributed by atoms with van der Waals surface area (Å²) in [6.45, 7) is 3.23. The summed E-state index contributed by atoms with van der Waals surface area (Å²) in [5.41, 5.74) is -1.02. The predicted molar refractivity (Wildman–Crippen MR) is 65.6 cm³/mol. The molecule has 0 aliphatic carbocycles. The van der Waals surface area contributed by atoms with Gasteiger partial charge in [0.1, 0.15) is 0 Å². The fraction of sp³-hybridized carbons (Fsp3) is 0.385. The molecule has 0 atom stereocenters. The molecule has 0 saturated heterocycles. The maximum absolute atomic E-state index is 13.3. The van der Waals surface area contributed by atoms with Crippen molar-refractivity contribution in [3.05, 3.63) is 29.8 Å². The first-order valence-corrected chi connectivity index (χ1v) is 5.67. The van der Waals surface area contributed by atoms with Gasteiger partial charge in [0, 0.05) is 6.42 Å². The third kappa shape index (κ3) is 4.65. The van der Waals surface area contributed by atoms with Crippen LogP contribution in [-0.4, -0.2) is 17.0 Å². The van der Waals surface area contributed by atoms with E-state index in [4.69, 9.17) is 5.11 Å². The molecule has 1 aromatic carbocycles. The number of amides is 1. The Morgan fingerprint density at radius 3 is 2.47 bits per heavy atom. The lowest BCUT2D eigenvalue weighted by molar-refractivity contribution is -0.139. The number of carboxylic acids is 1. The van der Waals surface area contributed by atoms with Gasteiger partial charge in [0.05, 0.1) is 12.1 Å². The first-order valence-electron chi connectivity index (χ1n) is 5.67. The molecule has 0 radical (unpaired) electrons. The van der Waals surface area contributed by atoms with E-state index in [2.05, 4.69) is 5.32 Å². The van der Waals surface area contributed by atoms with Gasteiger partial charge in [-0.15, -0.1) is 0 Å². The lowest BCUT2D eigenvalue weighted by Crippen LogP contribution is -2.25. The Morgan fingerprint density at radius 1 is 1.26 bits per heavy atom. The Labute approximate surface area is 109 Å².